The van der Waals surface area contributed by atoms with E-state index in [1.807, 2.05) is 12.1 Å². The van der Waals surface area contributed by atoms with Crippen LogP contribution in [0, 0.1) is 12.0 Å². The second-order valence-electron chi connectivity index (χ2n) is 7.34. The second-order valence-corrected chi connectivity index (χ2v) is 7.34. The largest absolute Gasteiger partial charge is 0.366 e. The number of carbonyl (C=O) groups excluding carboxylic acids is 1. The van der Waals surface area contributed by atoms with Crippen molar-refractivity contribution in [1.29, 1.82) is 0 Å². The van der Waals surface area contributed by atoms with Gasteiger partial charge in [-0.05, 0) is 55.0 Å². The number of carbonyl (C=O) groups is 1. The van der Waals surface area contributed by atoms with E-state index in [0.717, 1.165) is 41.6 Å². The number of fused-ring (bicyclic) bond motifs is 3. The number of nitrogens with two attached hydrogens (primary N) is 1. The first-order valence-corrected chi connectivity index (χ1v) is 9.44. The van der Waals surface area contributed by atoms with E-state index in [0.29, 0.717) is 5.56 Å². The van der Waals surface area contributed by atoms with Crippen LogP contribution < -0.4 is 5.73 Å². The first-order valence-electron chi connectivity index (χ1n) is 9.44. The third-order valence-electron chi connectivity index (χ3n) is 5.57. The molecule has 2 aromatic carbocycles. The topological polar surface area (TPSA) is 48.0 Å². The molecular weight excluding hydrogens is 308 g/mol. The van der Waals surface area contributed by atoms with Crippen LogP contribution in [0.25, 0.3) is 21.8 Å². The molecule has 0 aliphatic heterocycles. The molecule has 0 atom stereocenters. The minimum atomic E-state index is -0.364. The SMILES string of the molecule is CCCc1c[c]c2c3c(C(N)=O)cccc3n(CC3CCCC3)c2c1. The van der Waals surface area contributed by atoms with Crippen molar-refractivity contribution in [3.63, 3.8) is 0 Å². The van der Waals surface area contributed by atoms with Crippen LogP contribution in [-0.4, -0.2) is 10.5 Å². The number of hydrogen-bond donors (Lipinski definition) is 1. The predicted octanol–water partition coefficient (Wildman–Crippen LogP) is 4.84. The van der Waals surface area contributed by atoms with E-state index in [-0.39, 0.29) is 5.91 Å². The molecule has 3 nitrogen and oxygen atoms in total. The van der Waals surface area contributed by atoms with Crippen LogP contribution in [0.2, 0.25) is 0 Å². The molecule has 1 radical (unpaired) electrons. The molecular formula is C22H25N2O. The number of aromatic nitrogens is 1. The molecule has 25 heavy (non-hydrogen) atoms. The fourth-order valence-corrected chi connectivity index (χ4v) is 4.39. The van der Waals surface area contributed by atoms with E-state index in [4.69, 9.17) is 5.73 Å². The molecule has 0 bridgehead atoms. The van der Waals surface area contributed by atoms with Crippen molar-refractivity contribution < 1.29 is 4.79 Å². The van der Waals surface area contributed by atoms with E-state index in [1.165, 1.54) is 36.8 Å². The highest BCUT2D eigenvalue weighted by molar-refractivity contribution is 6.17. The molecule has 1 aliphatic rings. The van der Waals surface area contributed by atoms with Crippen molar-refractivity contribution in [2.75, 3.05) is 0 Å². The summed E-state index contributed by atoms with van der Waals surface area (Å²) in [5, 5.41) is 1.99. The van der Waals surface area contributed by atoms with Gasteiger partial charge < -0.3 is 10.3 Å². The molecule has 1 amide bonds. The Morgan fingerprint density at radius 3 is 2.80 bits per heavy atom. The fourth-order valence-electron chi connectivity index (χ4n) is 4.39. The van der Waals surface area contributed by atoms with Crippen LogP contribution in [0.15, 0.2) is 30.3 Å². The molecule has 1 saturated carbocycles. The third kappa shape index (κ3) is 2.82. The Hall–Kier alpha value is -2.29. The Labute approximate surface area is 148 Å². The lowest BCUT2D eigenvalue weighted by atomic mass is 10.0. The average molecular weight is 333 g/mol. The van der Waals surface area contributed by atoms with Gasteiger partial charge in [0.1, 0.15) is 0 Å². The summed E-state index contributed by atoms with van der Waals surface area (Å²) in [5.74, 6) is 0.363. The van der Waals surface area contributed by atoms with Gasteiger partial charge in [-0.15, -0.1) is 0 Å². The highest BCUT2D eigenvalue weighted by Crippen LogP contribution is 2.35. The predicted molar refractivity (Wildman–Crippen MR) is 103 cm³/mol. The molecule has 1 fully saturated rings. The quantitative estimate of drug-likeness (QED) is 0.714. The molecule has 0 spiro atoms. The molecule has 3 heteroatoms. The first kappa shape index (κ1) is 16.2. The number of amides is 1. The molecule has 0 saturated heterocycles. The van der Waals surface area contributed by atoms with E-state index >= 15 is 0 Å². The maximum absolute atomic E-state index is 12.0. The van der Waals surface area contributed by atoms with Crippen LogP contribution >= 0.6 is 0 Å². The Morgan fingerprint density at radius 1 is 1.28 bits per heavy atom. The number of nitrogens with zero attached hydrogens (tertiary/aromatic N) is 1. The average Bonchev–Trinajstić information content (AvgIpc) is 3.22. The summed E-state index contributed by atoms with van der Waals surface area (Å²) in [6.07, 6.45) is 7.45. The summed E-state index contributed by atoms with van der Waals surface area (Å²) in [5.41, 5.74) is 9.88. The highest BCUT2D eigenvalue weighted by atomic mass is 16.1. The number of hydrogen-bond acceptors (Lipinski definition) is 1. The summed E-state index contributed by atoms with van der Waals surface area (Å²) in [7, 11) is 0. The Balaban J connectivity index is 1.98. The van der Waals surface area contributed by atoms with Gasteiger partial charge in [0, 0.05) is 28.4 Å². The molecule has 2 N–H and O–H groups in total. The molecule has 4 rings (SSSR count). The van der Waals surface area contributed by atoms with Crippen LogP contribution in [0.1, 0.15) is 54.9 Å². The fraction of sp³-hybridized carbons (Fsp3) is 0.409. The van der Waals surface area contributed by atoms with Gasteiger partial charge in [0.25, 0.3) is 0 Å². The van der Waals surface area contributed by atoms with Crippen molar-refractivity contribution in [1.82, 2.24) is 4.57 Å². The zero-order chi connectivity index (χ0) is 17.4. The van der Waals surface area contributed by atoms with E-state index < -0.39 is 0 Å². The lowest BCUT2D eigenvalue weighted by molar-refractivity contribution is 0.100. The van der Waals surface area contributed by atoms with Crippen molar-refractivity contribution in [3.8, 4) is 0 Å². The van der Waals surface area contributed by atoms with Gasteiger partial charge in [-0.25, -0.2) is 0 Å². The lowest BCUT2D eigenvalue weighted by Gasteiger charge is -2.13. The third-order valence-corrected chi connectivity index (χ3v) is 5.57. The second kappa shape index (κ2) is 6.55. The zero-order valence-corrected chi connectivity index (χ0v) is 14.8. The van der Waals surface area contributed by atoms with Gasteiger partial charge in [0.15, 0.2) is 0 Å². The Morgan fingerprint density at radius 2 is 2.08 bits per heavy atom. The molecule has 3 aromatic rings. The van der Waals surface area contributed by atoms with Crippen molar-refractivity contribution >= 4 is 27.7 Å². The Kier molecular flexibility index (Phi) is 4.24. The number of primary amides is 1. The highest BCUT2D eigenvalue weighted by Gasteiger charge is 2.21. The van der Waals surface area contributed by atoms with Gasteiger partial charge in [-0.1, -0.05) is 38.3 Å². The van der Waals surface area contributed by atoms with Crippen LogP contribution in [0.4, 0.5) is 0 Å². The van der Waals surface area contributed by atoms with E-state index in [1.54, 1.807) is 0 Å². The van der Waals surface area contributed by atoms with Gasteiger partial charge >= 0.3 is 0 Å². The van der Waals surface area contributed by atoms with Crippen LogP contribution in [0.3, 0.4) is 0 Å². The Bertz CT molecular complexity index is 932. The smallest absolute Gasteiger partial charge is 0.249 e. The number of benzene rings is 2. The van der Waals surface area contributed by atoms with E-state index in [9.17, 15) is 4.79 Å². The lowest BCUT2D eigenvalue weighted by Crippen LogP contribution is -2.11. The maximum atomic E-state index is 12.0. The minimum absolute atomic E-state index is 0.364. The monoisotopic (exact) mass is 333 g/mol. The molecule has 1 aliphatic carbocycles. The molecule has 129 valence electrons. The summed E-state index contributed by atoms with van der Waals surface area (Å²) in [6, 6.07) is 13.7. The molecule has 0 unspecified atom stereocenters. The van der Waals surface area contributed by atoms with Gasteiger partial charge in [0.2, 0.25) is 5.91 Å². The standard InChI is InChI=1S/C22H25N2O/c1-2-6-15-11-12-17-20(13-15)24(14-16-7-3-4-8-16)19-10-5-9-18(21(17)19)22(23)25/h5,9-11,13,16H,2-4,6-8,14H2,1H3,(H2,23,25). The zero-order valence-electron chi connectivity index (χ0n) is 14.8. The molecule has 1 heterocycles. The van der Waals surface area contributed by atoms with Crippen molar-refractivity contribution in [2.45, 2.75) is 52.0 Å². The van der Waals surface area contributed by atoms with E-state index in [2.05, 4.69) is 35.8 Å². The number of aryl methyl sites for hydroxylation is 1. The summed E-state index contributed by atoms with van der Waals surface area (Å²) < 4.78 is 2.41. The van der Waals surface area contributed by atoms with Crippen molar-refractivity contribution in [3.05, 3.63) is 47.5 Å². The molecule has 1 aromatic heterocycles. The van der Waals surface area contributed by atoms with Gasteiger partial charge in [-0.3, -0.25) is 4.79 Å². The minimum Gasteiger partial charge on any atom is -0.366 e. The van der Waals surface area contributed by atoms with Gasteiger partial charge in [-0.2, -0.15) is 0 Å². The first-order chi connectivity index (χ1) is 12.2. The summed E-state index contributed by atoms with van der Waals surface area (Å²) in [6.45, 7) is 3.22. The van der Waals surface area contributed by atoms with Crippen molar-refractivity contribution in [2.24, 2.45) is 11.7 Å². The summed E-state index contributed by atoms with van der Waals surface area (Å²) in [4.78, 5) is 12.0. The normalized spacial score (nSPS) is 15.4. The van der Waals surface area contributed by atoms with Crippen LogP contribution in [-0.2, 0) is 13.0 Å². The summed E-state index contributed by atoms with van der Waals surface area (Å²) >= 11 is 0. The maximum Gasteiger partial charge on any atom is 0.249 e. The van der Waals surface area contributed by atoms with Gasteiger partial charge in [0.05, 0.1) is 5.52 Å². The van der Waals surface area contributed by atoms with Crippen LogP contribution in [0.5, 0.6) is 0 Å². The number of rotatable bonds is 5.